The van der Waals surface area contributed by atoms with E-state index in [1.807, 2.05) is 12.1 Å². The Bertz CT molecular complexity index is 1080. The van der Waals surface area contributed by atoms with Gasteiger partial charge in [0.2, 0.25) is 0 Å². The Balaban J connectivity index is 1.26. The minimum atomic E-state index is -0.366. The Morgan fingerprint density at radius 2 is 1.59 bits per heavy atom. The molecule has 0 spiro atoms. The summed E-state index contributed by atoms with van der Waals surface area (Å²) in [7, 11) is 0. The fourth-order valence-electron chi connectivity index (χ4n) is 4.24. The van der Waals surface area contributed by atoms with E-state index in [4.69, 9.17) is 4.74 Å². The summed E-state index contributed by atoms with van der Waals surface area (Å²) < 4.78 is 5.58. The quantitative estimate of drug-likeness (QED) is 0.435. The minimum absolute atomic E-state index is 0.0862. The Kier molecular flexibility index (Phi) is 6.45. The predicted octanol–water partition coefficient (Wildman–Crippen LogP) is 6.93. The number of hydrogen-bond donors (Lipinski definition) is 1. The molecule has 164 valence electrons. The maximum Gasteiger partial charge on any atom is 0.407 e. The highest BCUT2D eigenvalue weighted by molar-refractivity contribution is 5.79. The maximum absolute atomic E-state index is 12.3. The molecule has 3 aromatic carbocycles. The van der Waals surface area contributed by atoms with Crippen molar-refractivity contribution < 1.29 is 9.53 Å². The van der Waals surface area contributed by atoms with Crippen molar-refractivity contribution in [1.82, 2.24) is 5.32 Å². The molecule has 32 heavy (non-hydrogen) atoms. The molecule has 0 saturated carbocycles. The number of ether oxygens (including phenoxy) is 1. The van der Waals surface area contributed by atoms with Gasteiger partial charge in [-0.15, -0.1) is 0 Å². The number of hydrogen-bond acceptors (Lipinski definition) is 2. The zero-order chi connectivity index (χ0) is 22.6. The first-order valence-electron chi connectivity index (χ1n) is 11.3. The standard InChI is InChI=1S/C29H31NO2/c1-29(2,3)22-13-10-12-21(19-22)11-8-9-18-30-28(31)32-20-27-25-16-6-4-14-23(25)24-15-5-7-17-26(24)27/h4-8,10-17,19,27H,9,18,20H2,1-3H3,(H,30,31). The molecule has 0 aliphatic heterocycles. The average molecular weight is 426 g/mol. The lowest BCUT2D eigenvalue weighted by molar-refractivity contribution is 0.143. The summed E-state index contributed by atoms with van der Waals surface area (Å²) in [5.41, 5.74) is 7.55. The highest BCUT2D eigenvalue weighted by Gasteiger charge is 2.28. The summed E-state index contributed by atoms with van der Waals surface area (Å²) in [6, 6.07) is 25.3. The van der Waals surface area contributed by atoms with Crippen LogP contribution in [-0.4, -0.2) is 19.2 Å². The first-order valence-corrected chi connectivity index (χ1v) is 11.3. The van der Waals surface area contributed by atoms with E-state index < -0.39 is 0 Å². The number of amides is 1. The number of fused-ring (bicyclic) bond motifs is 3. The van der Waals surface area contributed by atoms with E-state index in [-0.39, 0.29) is 17.4 Å². The molecule has 3 nitrogen and oxygen atoms in total. The van der Waals surface area contributed by atoms with Crippen LogP contribution in [0, 0.1) is 0 Å². The van der Waals surface area contributed by atoms with Crippen LogP contribution in [0.4, 0.5) is 4.79 Å². The van der Waals surface area contributed by atoms with Crippen molar-refractivity contribution in [2.45, 2.75) is 38.5 Å². The molecule has 0 bridgehead atoms. The van der Waals surface area contributed by atoms with Crippen molar-refractivity contribution in [2.75, 3.05) is 13.2 Å². The van der Waals surface area contributed by atoms with Crippen LogP contribution in [0.3, 0.4) is 0 Å². The van der Waals surface area contributed by atoms with Crippen LogP contribution >= 0.6 is 0 Å². The van der Waals surface area contributed by atoms with Gasteiger partial charge in [-0.05, 0) is 45.2 Å². The number of carbonyl (C=O) groups is 1. The van der Waals surface area contributed by atoms with Crippen LogP contribution in [0.25, 0.3) is 17.2 Å². The molecule has 0 heterocycles. The van der Waals surface area contributed by atoms with Gasteiger partial charge in [-0.1, -0.05) is 106 Å². The predicted molar refractivity (Wildman–Crippen MR) is 132 cm³/mol. The van der Waals surface area contributed by atoms with Gasteiger partial charge in [0.1, 0.15) is 6.61 Å². The fraction of sp³-hybridized carbons (Fsp3) is 0.276. The Morgan fingerprint density at radius 1 is 0.938 bits per heavy atom. The summed E-state index contributed by atoms with van der Waals surface area (Å²) in [6.07, 6.45) is 4.58. The second-order valence-corrected chi connectivity index (χ2v) is 9.32. The number of benzene rings is 3. The Hall–Kier alpha value is -3.33. The third-order valence-electron chi connectivity index (χ3n) is 5.99. The van der Waals surface area contributed by atoms with Gasteiger partial charge in [0, 0.05) is 12.5 Å². The van der Waals surface area contributed by atoms with E-state index in [0.29, 0.717) is 13.2 Å². The number of rotatable bonds is 6. The highest BCUT2D eigenvalue weighted by Crippen LogP contribution is 2.44. The normalized spacial score (nSPS) is 13.1. The Morgan fingerprint density at radius 3 is 2.25 bits per heavy atom. The number of alkyl carbamates (subject to hydrolysis) is 1. The molecule has 1 N–H and O–H groups in total. The summed E-state index contributed by atoms with van der Waals surface area (Å²) in [4.78, 5) is 12.3. The van der Waals surface area contributed by atoms with E-state index in [9.17, 15) is 4.79 Å². The van der Waals surface area contributed by atoms with Crippen molar-refractivity contribution in [3.63, 3.8) is 0 Å². The first kappa shape index (κ1) is 21.9. The molecule has 1 aliphatic rings. The lowest BCUT2D eigenvalue weighted by Gasteiger charge is -2.19. The molecule has 3 aromatic rings. The molecule has 0 aromatic heterocycles. The molecule has 0 fully saturated rings. The van der Waals surface area contributed by atoms with Gasteiger partial charge >= 0.3 is 6.09 Å². The lowest BCUT2D eigenvalue weighted by atomic mass is 9.86. The van der Waals surface area contributed by atoms with Gasteiger partial charge < -0.3 is 10.1 Å². The van der Waals surface area contributed by atoms with Crippen molar-refractivity contribution in [1.29, 1.82) is 0 Å². The average Bonchev–Trinajstić information content (AvgIpc) is 3.11. The van der Waals surface area contributed by atoms with Gasteiger partial charge in [0.15, 0.2) is 0 Å². The Labute approximate surface area is 191 Å². The number of carbonyl (C=O) groups excluding carboxylic acids is 1. The SMILES string of the molecule is CC(C)(C)c1cccc(C=CCCNC(=O)OCC2c3ccccc3-c3ccccc32)c1. The third kappa shape index (κ3) is 4.94. The van der Waals surface area contributed by atoms with Crippen LogP contribution in [0.5, 0.6) is 0 Å². The van der Waals surface area contributed by atoms with Gasteiger partial charge in [-0.2, -0.15) is 0 Å². The molecular weight excluding hydrogens is 394 g/mol. The molecule has 0 atom stereocenters. The van der Waals surface area contributed by atoms with Gasteiger partial charge in [-0.3, -0.25) is 0 Å². The monoisotopic (exact) mass is 425 g/mol. The molecular formula is C29H31NO2. The van der Waals surface area contributed by atoms with Crippen molar-refractivity contribution in [3.8, 4) is 11.1 Å². The zero-order valence-electron chi connectivity index (χ0n) is 19.1. The van der Waals surface area contributed by atoms with E-state index in [2.05, 4.69) is 98.9 Å². The smallest absolute Gasteiger partial charge is 0.407 e. The van der Waals surface area contributed by atoms with Gasteiger partial charge in [0.05, 0.1) is 0 Å². The molecule has 3 heteroatoms. The molecule has 0 radical (unpaired) electrons. The minimum Gasteiger partial charge on any atom is -0.449 e. The maximum atomic E-state index is 12.3. The van der Waals surface area contributed by atoms with Crippen molar-refractivity contribution in [2.24, 2.45) is 0 Å². The largest absolute Gasteiger partial charge is 0.449 e. The van der Waals surface area contributed by atoms with E-state index in [1.165, 1.54) is 33.4 Å². The fourth-order valence-corrected chi connectivity index (χ4v) is 4.24. The van der Waals surface area contributed by atoms with E-state index in [0.717, 1.165) is 6.42 Å². The summed E-state index contributed by atoms with van der Waals surface area (Å²) in [5.74, 6) is 0.0862. The molecule has 1 amide bonds. The highest BCUT2D eigenvalue weighted by atomic mass is 16.5. The molecule has 0 saturated heterocycles. The van der Waals surface area contributed by atoms with Crippen LogP contribution in [0.2, 0.25) is 0 Å². The third-order valence-corrected chi connectivity index (χ3v) is 5.99. The van der Waals surface area contributed by atoms with Gasteiger partial charge in [-0.25, -0.2) is 4.79 Å². The summed E-state index contributed by atoms with van der Waals surface area (Å²) in [5, 5.41) is 2.86. The summed E-state index contributed by atoms with van der Waals surface area (Å²) in [6.45, 7) is 7.54. The second kappa shape index (κ2) is 9.44. The summed E-state index contributed by atoms with van der Waals surface area (Å²) >= 11 is 0. The lowest BCUT2D eigenvalue weighted by Crippen LogP contribution is -2.26. The number of nitrogens with one attached hydrogen (secondary N) is 1. The van der Waals surface area contributed by atoms with Crippen LogP contribution in [0.1, 0.15) is 55.4 Å². The molecule has 0 unspecified atom stereocenters. The van der Waals surface area contributed by atoms with Crippen LogP contribution < -0.4 is 5.32 Å². The zero-order valence-corrected chi connectivity index (χ0v) is 19.1. The molecule has 4 rings (SSSR count). The van der Waals surface area contributed by atoms with Gasteiger partial charge in [0.25, 0.3) is 0 Å². The first-order chi connectivity index (χ1) is 15.4. The second-order valence-electron chi connectivity index (χ2n) is 9.32. The van der Waals surface area contributed by atoms with Crippen molar-refractivity contribution in [3.05, 3.63) is 101 Å². The van der Waals surface area contributed by atoms with E-state index in [1.54, 1.807) is 0 Å². The van der Waals surface area contributed by atoms with Crippen LogP contribution in [-0.2, 0) is 10.2 Å². The van der Waals surface area contributed by atoms with E-state index >= 15 is 0 Å². The topological polar surface area (TPSA) is 38.3 Å². The van der Waals surface area contributed by atoms with Crippen molar-refractivity contribution >= 4 is 12.2 Å². The van der Waals surface area contributed by atoms with Crippen LogP contribution in [0.15, 0.2) is 78.9 Å². The molecule has 1 aliphatic carbocycles.